The zero-order valence-corrected chi connectivity index (χ0v) is 9.02. The first-order valence-electron chi connectivity index (χ1n) is 4.23. The SMILES string of the molecule is CCCCCCNCCS.Cl. The second-order valence-electron chi connectivity index (χ2n) is 2.53. The Bertz CT molecular complexity index is 54.1. The molecule has 0 fully saturated rings. The summed E-state index contributed by atoms with van der Waals surface area (Å²) in [6.45, 7) is 4.46. The van der Waals surface area contributed by atoms with Crippen LogP contribution in [0.4, 0.5) is 0 Å². The van der Waals surface area contributed by atoms with Gasteiger partial charge in [0, 0.05) is 12.3 Å². The highest BCUT2D eigenvalue weighted by atomic mass is 35.5. The summed E-state index contributed by atoms with van der Waals surface area (Å²) < 4.78 is 0. The Kier molecular flexibility index (Phi) is 17.0. The summed E-state index contributed by atoms with van der Waals surface area (Å²) in [5.41, 5.74) is 0. The summed E-state index contributed by atoms with van der Waals surface area (Å²) >= 11 is 4.10. The van der Waals surface area contributed by atoms with Crippen LogP contribution in [0.1, 0.15) is 32.6 Å². The van der Waals surface area contributed by atoms with E-state index in [1.807, 2.05) is 0 Å². The zero-order valence-electron chi connectivity index (χ0n) is 7.31. The summed E-state index contributed by atoms with van der Waals surface area (Å²) in [4.78, 5) is 0. The van der Waals surface area contributed by atoms with Crippen molar-refractivity contribution in [2.45, 2.75) is 32.6 Å². The van der Waals surface area contributed by atoms with Crippen molar-refractivity contribution >= 4 is 25.0 Å². The van der Waals surface area contributed by atoms with Crippen molar-refractivity contribution in [1.82, 2.24) is 5.32 Å². The molecular weight excluding hydrogens is 178 g/mol. The molecule has 0 rings (SSSR count). The molecule has 0 unspecified atom stereocenters. The molecule has 0 bridgehead atoms. The normalized spacial score (nSPS) is 9.27. The van der Waals surface area contributed by atoms with Gasteiger partial charge in [-0.25, -0.2) is 0 Å². The van der Waals surface area contributed by atoms with E-state index < -0.39 is 0 Å². The van der Waals surface area contributed by atoms with Gasteiger partial charge in [0.25, 0.3) is 0 Å². The first kappa shape index (κ1) is 14.1. The topological polar surface area (TPSA) is 12.0 Å². The van der Waals surface area contributed by atoms with Gasteiger partial charge in [-0.15, -0.1) is 12.4 Å². The highest BCUT2D eigenvalue weighted by molar-refractivity contribution is 7.80. The van der Waals surface area contributed by atoms with Gasteiger partial charge < -0.3 is 5.32 Å². The van der Waals surface area contributed by atoms with E-state index in [0.717, 1.165) is 12.3 Å². The van der Waals surface area contributed by atoms with Crippen LogP contribution >= 0.6 is 25.0 Å². The minimum Gasteiger partial charge on any atom is -0.316 e. The van der Waals surface area contributed by atoms with Crippen LogP contribution in [0.25, 0.3) is 0 Å². The first-order chi connectivity index (χ1) is 4.91. The molecule has 70 valence electrons. The molecule has 0 aromatic rings. The average Bonchev–Trinajstić information content (AvgIpc) is 1.97. The number of halogens is 1. The van der Waals surface area contributed by atoms with E-state index in [-0.39, 0.29) is 12.4 Å². The molecule has 3 heteroatoms. The molecule has 0 heterocycles. The molecule has 1 N–H and O–H groups in total. The van der Waals surface area contributed by atoms with Crippen LogP contribution in [0, 0.1) is 0 Å². The first-order valence-corrected chi connectivity index (χ1v) is 4.86. The summed E-state index contributed by atoms with van der Waals surface area (Å²) in [5, 5.41) is 3.32. The summed E-state index contributed by atoms with van der Waals surface area (Å²) in [6.07, 6.45) is 5.40. The molecule has 0 spiro atoms. The maximum absolute atomic E-state index is 4.10. The molecule has 0 saturated heterocycles. The zero-order chi connectivity index (χ0) is 7.66. The van der Waals surface area contributed by atoms with Crippen LogP contribution in [0.3, 0.4) is 0 Å². The van der Waals surface area contributed by atoms with Crippen molar-refractivity contribution in [2.75, 3.05) is 18.8 Å². The van der Waals surface area contributed by atoms with Crippen LogP contribution in [-0.4, -0.2) is 18.8 Å². The smallest absolute Gasteiger partial charge is 0.00397 e. The second kappa shape index (κ2) is 13.2. The predicted molar refractivity (Wildman–Crippen MR) is 58.1 cm³/mol. The van der Waals surface area contributed by atoms with E-state index in [0.29, 0.717) is 0 Å². The maximum Gasteiger partial charge on any atom is 0.00397 e. The Hall–Kier alpha value is 0.600. The van der Waals surface area contributed by atoms with Crippen LogP contribution in [0.2, 0.25) is 0 Å². The van der Waals surface area contributed by atoms with Crippen molar-refractivity contribution in [2.24, 2.45) is 0 Å². The quantitative estimate of drug-likeness (QED) is 0.472. The summed E-state index contributed by atoms with van der Waals surface area (Å²) in [5.74, 6) is 0.952. The maximum atomic E-state index is 4.10. The van der Waals surface area contributed by atoms with Gasteiger partial charge in [-0.1, -0.05) is 26.2 Å². The number of hydrogen-bond donors (Lipinski definition) is 2. The van der Waals surface area contributed by atoms with E-state index in [1.165, 1.54) is 32.2 Å². The number of hydrogen-bond acceptors (Lipinski definition) is 2. The van der Waals surface area contributed by atoms with E-state index in [9.17, 15) is 0 Å². The van der Waals surface area contributed by atoms with E-state index >= 15 is 0 Å². The molecule has 0 radical (unpaired) electrons. The lowest BCUT2D eigenvalue weighted by Crippen LogP contribution is -2.17. The van der Waals surface area contributed by atoms with Crippen LogP contribution < -0.4 is 5.32 Å². The van der Waals surface area contributed by atoms with Gasteiger partial charge in [-0.2, -0.15) is 12.6 Å². The van der Waals surface area contributed by atoms with Gasteiger partial charge in [0.1, 0.15) is 0 Å². The molecule has 1 nitrogen and oxygen atoms in total. The number of unbranched alkanes of at least 4 members (excludes halogenated alkanes) is 3. The summed E-state index contributed by atoms with van der Waals surface area (Å²) in [7, 11) is 0. The summed E-state index contributed by atoms with van der Waals surface area (Å²) in [6, 6.07) is 0. The molecular formula is C8H20ClNS. The molecule has 11 heavy (non-hydrogen) atoms. The van der Waals surface area contributed by atoms with Crippen LogP contribution in [0.15, 0.2) is 0 Å². The van der Waals surface area contributed by atoms with Gasteiger partial charge in [-0.3, -0.25) is 0 Å². The molecule has 0 aliphatic heterocycles. The fourth-order valence-electron chi connectivity index (χ4n) is 0.881. The van der Waals surface area contributed by atoms with Gasteiger partial charge in [-0.05, 0) is 13.0 Å². The average molecular weight is 198 g/mol. The minimum absolute atomic E-state index is 0. The third kappa shape index (κ3) is 13.6. The number of rotatable bonds is 7. The van der Waals surface area contributed by atoms with Crippen LogP contribution in [0.5, 0.6) is 0 Å². The highest BCUT2D eigenvalue weighted by Gasteiger charge is 1.86. The van der Waals surface area contributed by atoms with E-state index in [4.69, 9.17) is 0 Å². The Morgan fingerprint density at radius 2 is 1.82 bits per heavy atom. The van der Waals surface area contributed by atoms with E-state index in [2.05, 4.69) is 24.9 Å². The Morgan fingerprint density at radius 3 is 2.36 bits per heavy atom. The number of thiol groups is 1. The third-order valence-corrected chi connectivity index (χ3v) is 1.72. The van der Waals surface area contributed by atoms with Gasteiger partial charge in [0.05, 0.1) is 0 Å². The van der Waals surface area contributed by atoms with Crippen LogP contribution in [-0.2, 0) is 0 Å². The van der Waals surface area contributed by atoms with Crippen molar-refractivity contribution in [3.8, 4) is 0 Å². The Balaban J connectivity index is 0. The molecule has 0 atom stereocenters. The van der Waals surface area contributed by atoms with Crippen molar-refractivity contribution < 1.29 is 0 Å². The largest absolute Gasteiger partial charge is 0.316 e. The van der Waals surface area contributed by atoms with Crippen molar-refractivity contribution in [1.29, 1.82) is 0 Å². The van der Waals surface area contributed by atoms with Crippen molar-refractivity contribution in [3.05, 3.63) is 0 Å². The molecule has 0 aliphatic rings. The lowest BCUT2D eigenvalue weighted by atomic mass is 10.2. The minimum atomic E-state index is 0. The highest BCUT2D eigenvalue weighted by Crippen LogP contribution is 1.96. The van der Waals surface area contributed by atoms with Gasteiger partial charge in [0.2, 0.25) is 0 Å². The predicted octanol–water partition coefficient (Wildman–Crippen LogP) is 2.51. The Morgan fingerprint density at radius 1 is 1.09 bits per heavy atom. The lowest BCUT2D eigenvalue weighted by Gasteiger charge is -2.00. The standard InChI is InChI=1S/C8H19NS.ClH/c1-2-3-4-5-6-9-7-8-10;/h9-10H,2-8H2,1H3;1H. The molecule has 0 aliphatic carbocycles. The van der Waals surface area contributed by atoms with Crippen molar-refractivity contribution in [3.63, 3.8) is 0 Å². The molecule has 0 saturated carbocycles. The lowest BCUT2D eigenvalue weighted by molar-refractivity contribution is 0.613. The monoisotopic (exact) mass is 197 g/mol. The molecule has 0 aromatic heterocycles. The van der Waals surface area contributed by atoms with Gasteiger partial charge >= 0.3 is 0 Å². The molecule has 0 aromatic carbocycles. The fraction of sp³-hybridized carbons (Fsp3) is 1.00. The van der Waals surface area contributed by atoms with E-state index in [1.54, 1.807) is 0 Å². The van der Waals surface area contributed by atoms with Gasteiger partial charge in [0.15, 0.2) is 0 Å². The third-order valence-electron chi connectivity index (χ3n) is 1.50. The molecule has 0 amide bonds. The fourth-order valence-corrected chi connectivity index (χ4v) is 1.04. The number of nitrogens with one attached hydrogen (secondary N) is 1. The second-order valence-corrected chi connectivity index (χ2v) is 2.98. The Labute approximate surface area is 82.2 Å².